The maximum atomic E-state index is 12.8. The van der Waals surface area contributed by atoms with Gasteiger partial charge in [-0.2, -0.15) is 0 Å². The van der Waals surface area contributed by atoms with Crippen molar-refractivity contribution in [3.05, 3.63) is 50.2 Å². The molecular formula is C20H26N4O5. The molecule has 2 aromatic rings. The van der Waals surface area contributed by atoms with E-state index in [1.807, 2.05) is 0 Å². The summed E-state index contributed by atoms with van der Waals surface area (Å²) in [7, 11) is 4.45. The van der Waals surface area contributed by atoms with Crippen LogP contribution in [-0.4, -0.2) is 28.9 Å². The number of carbonyl (C=O) groups excluding carboxylic acids is 1. The smallest absolute Gasteiger partial charge is 0.332 e. The lowest BCUT2D eigenvalue weighted by molar-refractivity contribution is 0.248. The molecule has 0 fully saturated rings. The van der Waals surface area contributed by atoms with Crippen molar-refractivity contribution in [1.82, 2.24) is 14.5 Å². The summed E-state index contributed by atoms with van der Waals surface area (Å²) in [6.07, 6.45) is 0.909. The zero-order valence-electron chi connectivity index (χ0n) is 17.2. The molecule has 2 N–H and O–H groups in total. The number of methoxy groups -OCH3 is 1. The Morgan fingerprint density at radius 3 is 2.48 bits per heavy atom. The van der Waals surface area contributed by atoms with Crippen LogP contribution in [0.3, 0.4) is 0 Å². The molecule has 9 nitrogen and oxygen atoms in total. The summed E-state index contributed by atoms with van der Waals surface area (Å²) in [4.78, 5) is 37.2. The molecule has 1 atom stereocenters. The molecular weight excluding hydrogens is 376 g/mol. The molecule has 156 valence electrons. The van der Waals surface area contributed by atoms with Gasteiger partial charge < -0.3 is 14.8 Å². The van der Waals surface area contributed by atoms with Gasteiger partial charge in [-0.1, -0.05) is 19.9 Å². The summed E-state index contributed by atoms with van der Waals surface area (Å²) in [6.45, 7) is 4.80. The zero-order chi connectivity index (χ0) is 21.3. The molecule has 0 spiro atoms. The Kier molecular flexibility index (Phi) is 5.67. The van der Waals surface area contributed by atoms with Gasteiger partial charge in [-0.05, 0) is 30.0 Å². The molecule has 3 rings (SSSR count). The topological polar surface area (TPSA) is 104 Å². The van der Waals surface area contributed by atoms with Gasteiger partial charge in [0.05, 0.1) is 25.3 Å². The van der Waals surface area contributed by atoms with E-state index in [4.69, 9.17) is 9.47 Å². The van der Waals surface area contributed by atoms with Crippen LogP contribution in [0.15, 0.2) is 27.8 Å². The first-order valence-electron chi connectivity index (χ1n) is 9.42. The predicted molar refractivity (Wildman–Crippen MR) is 109 cm³/mol. The van der Waals surface area contributed by atoms with Crippen molar-refractivity contribution in [3.8, 4) is 11.5 Å². The highest BCUT2D eigenvalue weighted by molar-refractivity contribution is 5.92. The van der Waals surface area contributed by atoms with Gasteiger partial charge in [0.1, 0.15) is 5.82 Å². The van der Waals surface area contributed by atoms with Crippen molar-refractivity contribution in [1.29, 1.82) is 0 Å². The lowest BCUT2D eigenvalue weighted by Crippen LogP contribution is -2.49. The van der Waals surface area contributed by atoms with E-state index in [1.54, 1.807) is 18.2 Å². The molecule has 9 heteroatoms. The Morgan fingerprint density at radius 1 is 1.10 bits per heavy atom. The van der Waals surface area contributed by atoms with Gasteiger partial charge >= 0.3 is 11.7 Å². The first-order chi connectivity index (χ1) is 13.7. The Balaban J connectivity index is 2.05. The number of hydrogen-bond acceptors (Lipinski definition) is 5. The van der Waals surface area contributed by atoms with E-state index in [9.17, 15) is 14.4 Å². The lowest BCUT2D eigenvalue weighted by atomic mass is 9.98. The normalized spacial score (nSPS) is 15.5. The minimum absolute atomic E-state index is 0.183. The zero-order valence-corrected chi connectivity index (χ0v) is 17.2. The Morgan fingerprint density at radius 2 is 1.83 bits per heavy atom. The third-order valence-electron chi connectivity index (χ3n) is 4.97. The number of ether oxygens (including phenoxy) is 2. The molecule has 0 bridgehead atoms. The maximum absolute atomic E-state index is 12.8. The van der Waals surface area contributed by atoms with Gasteiger partial charge in [0, 0.05) is 14.1 Å². The molecule has 0 unspecified atom stereocenters. The van der Waals surface area contributed by atoms with Crippen molar-refractivity contribution in [2.75, 3.05) is 19.0 Å². The highest BCUT2D eigenvalue weighted by Crippen LogP contribution is 2.34. The first-order valence-corrected chi connectivity index (χ1v) is 9.42. The summed E-state index contributed by atoms with van der Waals surface area (Å²) in [6, 6.07) is 4.03. The Bertz CT molecular complexity index is 1050. The van der Waals surface area contributed by atoms with Crippen molar-refractivity contribution < 1.29 is 14.3 Å². The molecule has 1 aromatic heterocycles. The third kappa shape index (κ3) is 3.85. The summed E-state index contributed by atoms with van der Waals surface area (Å²) in [5.74, 6) is 1.79. The first kappa shape index (κ1) is 20.5. The van der Waals surface area contributed by atoms with Crippen LogP contribution in [0.5, 0.6) is 11.5 Å². The van der Waals surface area contributed by atoms with Crippen LogP contribution in [0.25, 0.3) is 0 Å². The van der Waals surface area contributed by atoms with Crippen molar-refractivity contribution in [2.24, 2.45) is 20.0 Å². The van der Waals surface area contributed by atoms with Crippen LogP contribution >= 0.6 is 0 Å². The molecule has 2 amide bonds. The van der Waals surface area contributed by atoms with E-state index in [2.05, 4.69) is 24.5 Å². The van der Waals surface area contributed by atoms with Crippen LogP contribution in [0.1, 0.15) is 37.4 Å². The van der Waals surface area contributed by atoms with Gasteiger partial charge in [0.15, 0.2) is 11.5 Å². The fourth-order valence-electron chi connectivity index (χ4n) is 3.27. The number of nitrogens with one attached hydrogen (secondary N) is 2. The monoisotopic (exact) mass is 402 g/mol. The molecule has 2 heterocycles. The van der Waals surface area contributed by atoms with Crippen LogP contribution in [-0.2, 0) is 14.1 Å². The number of aromatic nitrogens is 2. The summed E-state index contributed by atoms with van der Waals surface area (Å²) >= 11 is 0. The van der Waals surface area contributed by atoms with E-state index < -0.39 is 23.3 Å². The fourth-order valence-corrected chi connectivity index (χ4v) is 3.27. The van der Waals surface area contributed by atoms with Crippen molar-refractivity contribution in [3.63, 3.8) is 0 Å². The Hall–Kier alpha value is -3.23. The number of rotatable bonds is 6. The highest BCUT2D eigenvalue weighted by atomic mass is 16.5. The number of amides is 2. The fraction of sp³-hybridized carbons (Fsp3) is 0.450. The van der Waals surface area contributed by atoms with Crippen molar-refractivity contribution in [2.45, 2.75) is 26.3 Å². The van der Waals surface area contributed by atoms with E-state index in [-0.39, 0.29) is 11.4 Å². The molecule has 1 aromatic carbocycles. The third-order valence-corrected chi connectivity index (χ3v) is 4.97. The van der Waals surface area contributed by atoms with Crippen molar-refractivity contribution >= 4 is 11.8 Å². The van der Waals surface area contributed by atoms with Crippen LogP contribution in [0, 0.1) is 5.92 Å². The molecule has 0 radical (unpaired) electrons. The Labute approximate surface area is 168 Å². The van der Waals surface area contributed by atoms with E-state index in [0.717, 1.165) is 11.0 Å². The minimum atomic E-state index is -0.733. The summed E-state index contributed by atoms with van der Waals surface area (Å²) in [5, 5.41) is 5.32. The van der Waals surface area contributed by atoms with E-state index in [1.165, 1.54) is 25.8 Å². The molecule has 1 aliphatic rings. The quantitative estimate of drug-likeness (QED) is 0.766. The van der Waals surface area contributed by atoms with Gasteiger partial charge in [-0.15, -0.1) is 0 Å². The average molecular weight is 402 g/mol. The molecule has 0 saturated carbocycles. The van der Waals surface area contributed by atoms with Gasteiger partial charge in [0.25, 0.3) is 5.56 Å². The largest absolute Gasteiger partial charge is 0.493 e. The maximum Gasteiger partial charge on any atom is 0.332 e. The highest BCUT2D eigenvalue weighted by Gasteiger charge is 2.32. The van der Waals surface area contributed by atoms with Gasteiger partial charge in [-0.25, -0.2) is 9.59 Å². The minimum Gasteiger partial charge on any atom is -0.493 e. The second-order valence-corrected chi connectivity index (χ2v) is 7.44. The van der Waals surface area contributed by atoms with E-state index >= 15 is 0 Å². The van der Waals surface area contributed by atoms with Gasteiger partial charge in [0.2, 0.25) is 0 Å². The SMILES string of the molecule is COc1cc([C@H]2NC(=O)Nc3c2c(=O)n(C)c(=O)n3C)ccc1OCCC(C)C. The number of benzene rings is 1. The summed E-state index contributed by atoms with van der Waals surface area (Å²) < 4.78 is 13.5. The molecule has 0 aliphatic carbocycles. The number of anilines is 1. The second-order valence-electron chi connectivity index (χ2n) is 7.44. The lowest BCUT2D eigenvalue weighted by Gasteiger charge is -2.28. The standard InChI is InChI=1S/C20H26N4O5/c1-11(2)8-9-29-13-7-6-12(10-14(13)28-5)16-15-17(22-19(26)21-16)23(3)20(27)24(4)18(15)25/h6-7,10-11,16H,8-9H2,1-5H3,(H2,21,22,26)/t16-/m1/s1. The summed E-state index contributed by atoms with van der Waals surface area (Å²) in [5.41, 5.74) is -0.0624. The second kappa shape index (κ2) is 8.02. The van der Waals surface area contributed by atoms with Gasteiger partial charge in [-0.3, -0.25) is 19.2 Å². The average Bonchev–Trinajstić information content (AvgIpc) is 2.69. The van der Waals surface area contributed by atoms with Crippen LogP contribution in [0.2, 0.25) is 0 Å². The molecule has 0 saturated heterocycles. The predicted octanol–water partition coefficient (Wildman–Crippen LogP) is 1.74. The van der Waals surface area contributed by atoms with Crippen LogP contribution in [0.4, 0.5) is 10.6 Å². The number of nitrogens with zero attached hydrogens (tertiary/aromatic N) is 2. The number of fused-ring (bicyclic) bond motifs is 1. The number of urea groups is 1. The number of carbonyl (C=O) groups is 1. The number of hydrogen-bond donors (Lipinski definition) is 2. The van der Waals surface area contributed by atoms with Crippen LogP contribution < -0.4 is 31.4 Å². The molecule has 1 aliphatic heterocycles. The molecule has 29 heavy (non-hydrogen) atoms. The van der Waals surface area contributed by atoms with E-state index in [0.29, 0.717) is 29.6 Å².